The smallest absolute Gasteiger partial charge is 0.0332 e. The Morgan fingerprint density at radius 3 is 2.55 bits per heavy atom. The van der Waals surface area contributed by atoms with E-state index in [1.807, 2.05) is 0 Å². The lowest BCUT2D eigenvalue weighted by Gasteiger charge is -2.25. The molecule has 0 aromatic heterocycles. The molecule has 2 nitrogen and oxygen atoms in total. The summed E-state index contributed by atoms with van der Waals surface area (Å²) in [5.74, 6) is 0. The summed E-state index contributed by atoms with van der Waals surface area (Å²) in [5.41, 5.74) is 1.39. The molecule has 0 heterocycles. The lowest BCUT2D eigenvalue weighted by molar-refractivity contribution is 0.269. The lowest BCUT2D eigenvalue weighted by atomic mass is 10.0. The molecular formula is C17H29BrN2. The van der Waals surface area contributed by atoms with Crippen molar-refractivity contribution < 1.29 is 0 Å². The van der Waals surface area contributed by atoms with Gasteiger partial charge in [0.2, 0.25) is 0 Å². The topological polar surface area (TPSA) is 15.3 Å². The maximum atomic E-state index is 3.69. The highest BCUT2D eigenvalue weighted by molar-refractivity contribution is 9.10. The zero-order valence-corrected chi connectivity index (χ0v) is 14.7. The van der Waals surface area contributed by atoms with E-state index in [0.29, 0.717) is 6.04 Å². The Balaban J connectivity index is 2.64. The normalized spacial score (nSPS) is 12.8. The fourth-order valence-corrected chi connectivity index (χ4v) is 2.90. The van der Waals surface area contributed by atoms with Gasteiger partial charge in [-0.15, -0.1) is 0 Å². The van der Waals surface area contributed by atoms with Crippen LogP contribution in [0.4, 0.5) is 0 Å². The summed E-state index contributed by atoms with van der Waals surface area (Å²) < 4.78 is 1.17. The van der Waals surface area contributed by atoms with Crippen molar-refractivity contribution in [1.82, 2.24) is 10.2 Å². The number of hydrogen-bond acceptors (Lipinski definition) is 2. The standard InChI is InChI=1S/C17H29BrN2/c1-4-11-19-17(10-13-20(6-3)12-5-2)15-8-7-9-16(18)14-15/h7-9,14,17,19H,4-6,10-13H2,1-3H3. The monoisotopic (exact) mass is 340 g/mol. The molecule has 0 radical (unpaired) electrons. The maximum absolute atomic E-state index is 3.69. The van der Waals surface area contributed by atoms with Crippen LogP contribution in [0.5, 0.6) is 0 Å². The Hall–Kier alpha value is -0.380. The van der Waals surface area contributed by atoms with Gasteiger partial charge in [-0.25, -0.2) is 0 Å². The number of benzene rings is 1. The minimum absolute atomic E-state index is 0.457. The molecule has 0 aliphatic heterocycles. The summed E-state index contributed by atoms with van der Waals surface area (Å²) in [4.78, 5) is 2.54. The van der Waals surface area contributed by atoms with Crippen LogP contribution < -0.4 is 5.32 Å². The first-order valence-corrected chi connectivity index (χ1v) is 8.71. The number of rotatable bonds is 10. The largest absolute Gasteiger partial charge is 0.310 e. The first kappa shape index (κ1) is 17.7. The fourth-order valence-electron chi connectivity index (χ4n) is 2.48. The van der Waals surface area contributed by atoms with Crippen molar-refractivity contribution in [3.05, 3.63) is 34.3 Å². The van der Waals surface area contributed by atoms with Crippen molar-refractivity contribution in [3.8, 4) is 0 Å². The van der Waals surface area contributed by atoms with Gasteiger partial charge in [0.1, 0.15) is 0 Å². The van der Waals surface area contributed by atoms with Gasteiger partial charge in [-0.05, 0) is 63.1 Å². The van der Waals surface area contributed by atoms with Gasteiger partial charge in [0, 0.05) is 10.5 Å². The highest BCUT2D eigenvalue weighted by Gasteiger charge is 2.12. The Morgan fingerprint density at radius 1 is 1.15 bits per heavy atom. The third-order valence-corrected chi connectivity index (χ3v) is 4.11. The molecule has 0 saturated carbocycles. The van der Waals surface area contributed by atoms with Gasteiger partial charge < -0.3 is 10.2 Å². The number of nitrogens with zero attached hydrogens (tertiary/aromatic N) is 1. The molecule has 20 heavy (non-hydrogen) atoms. The molecule has 0 amide bonds. The van der Waals surface area contributed by atoms with Crippen LogP contribution in [-0.4, -0.2) is 31.1 Å². The average Bonchev–Trinajstić information content (AvgIpc) is 2.46. The molecule has 1 atom stereocenters. The Kier molecular flexibility index (Phi) is 9.16. The Morgan fingerprint density at radius 2 is 1.95 bits per heavy atom. The highest BCUT2D eigenvalue weighted by atomic mass is 79.9. The van der Waals surface area contributed by atoms with Crippen LogP contribution in [0, 0.1) is 0 Å². The quantitative estimate of drug-likeness (QED) is 0.668. The second-order valence-electron chi connectivity index (χ2n) is 5.28. The summed E-state index contributed by atoms with van der Waals surface area (Å²) in [6, 6.07) is 9.15. The van der Waals surface area contributed by atoms with E-state index < -0.39 is 0 Å². The Bertz CT molecular complexity index is 368. The second-order valence-corrected chi connectivity index (χ2v) is 6.20. The SMILES string of the molecule is CCCNC(CCN(CC)CCC)c1cccc(Br)c1. The first-order valence-electron chi connectivity index (χ1n) is 7.92. The summed E-state index contributed by atoms with van der Waals surface area (Å²) >= 11 is 3.58. The molecule has 0 aliphatic carbocycles. The Labute approximate surface area is 133 Å². The molecule has 114 valence electrons. The summed E-state index contributed by atoms with van der Waals surface area (Å²) in [7, 11) is 0. The van der Waals surface area contributed by atoms with Crippen LogP contribution in [0.15, 0.2) is 28.7 Å². The van der Waals surface area contributed by atoms with Crippen LogP contribution in [0.1, 0.15) is 51.6 Å². The molecule has 3 heteroatoms. The van der Waals surface area contributed by atoms with Gasteiger partial charge in [-0.3, -0.25) is 0 Å². The number of hydrogen-bond donors (Lipinski definition) is 1. The van der Waals surface area contributed by atoms with Crippen LogP contribution in [0.2, 0.25) is 0 Å². The lowest BCUT2D eigenvalue weighted by Crippen LogP contribution is -2.30. The van der Waals surface area contributed by atoms with Gasteiger partial charge in [0.15, 0.2) is 0 Å². The van der Waals surface area contributed by atoms with Crippen molar-refractivity contribution in [2.45, 2.75) is 46.1 Å². The molecule has 1 unspecified atom stereocenters. The van der Waals surface area contributed by atoms with E-state index in [0.717, 1.165) is 19.6 Å². The molecule has 0 bridgehead atoms. The van der Waals surface area contributed by atoms with E-state index >= 15 is 0 Å². The van der Waals surface area contributed by atoms with Gasteiger partial charge in [0.05, 0.1) is 0 Å². The van der Waals surface area contributed by atoms with E-state index in [9.17, 15) is 0 Å². The predicted molar refractivity (Wildman–Crippen MR) is 92.2 cm³/mol. The van der Waals surface area contributed by atoms with Crippen molar-refractivity contribution in [2.24, 2.45) is 0 Å². The van der Waals surface area contributed by atoms with Crippen LogP contribution >= 0.6 is 15.9 Å². The molecule has 0 saturated heterocycles. The van der Waals surface area contributed by atoms with Crippen LogP contribution in [0.3, 0.4) is 0 Å². The summed E-state index contributed by atoms with van der Waals surface area (Å²) in [6.07, 6.45) is 3.58. The molecule has 1 aromatic rings. The van der Waals surface area contributed by atoms with Crippen molar-refractivity contribution in [3.63, 3.8) is 0 Å². The van der Waals surface area contributed by atoms with Gasteiger partial charge in [-0.2, -0.15) is 0 Å². The number of halogens is 1. The van der Waals surface area contributed by atoms with E-state index in [1.165, 1.54) is 35.8 Å². The van der Waals surface area contributed by atoms with Gasteiger partial charge in [-0.1, -0.05) is 48.8 Å². The van der Waals surface area contributed by atoms with Gasteiger partial charge >= 0.3 is 0 Å². The average molecular weight is 341 g/mol. The second kappa shape index (κ2) is 10.4. The molecule has 0 aliphatic rings. The van der Waals surface area contributed by atoms with Crippen molar-refractivity contribution in [2.75, 3.05) is 26.2 Å². The summed E-state index contributed by atoms with van der Waals surface area (Å²) in [6.45, 7) is 11.3. The highest BCUT2D eigenvalue weighted by Crippen LogP contribution is 2.21. The zero-order chi connectivity index (χ0) is 14.8. The van der Waals surface area contributed by atoms with Crippen LogP contribution in [0.25, 0.3) is 0 Å². The minimum atomic E-state index is 0.457. The maximum Gasteiger partial charge on any atom is 0.0332 e. The third-order valence-electron chi connectivity index (χ3n) is 3.61. The molecule has 0 spiro atoms. The molecule has 1 N–H and O–H groups in total. The zero-order valence-electron chi connectivity index (χ0n) is 13.2. The molecule has 0 fully saturated rings. The van der Waals surface area contributed by atoms with Crippen molar-refractivity contribution >= 4 is 15.9 Å². The van der Waals surface area contributed by atoms with E-state index in [1.54, 1.807) is 0 Å². The first-order chi connectivity index (χ1) is 9.71. The predicted octanol–water partition coefficient (Wildman–Crippen LogP) is 4.61. The fraction of sp³-hybridized carbons (Fsp3) is 0.647. The van der Waals surface area contributed by atoms with Crippen molar-refractivity contribution in [1.29, 1.82) is 0 Å². The van der Waals surface area contributed by atoms with Gasteiger partial charge in [0.25, 0.3) is 0 Å². The van der Waals surface area contributed by atoms with E-state index in [2.05, 4.69) is 71.2 Å². The summed E-state index contributed by atoms with van der Waals surface area (Å²) in [5, 5.41) is 3.69. The number of nitrogens with one attached hydrogen (secondary N) is 1. The van der Waals surface area contributed by atoms with Crippen LogP contribution in [-0.2, 0) is 0 Å². The molecule has 1 rings (SSSR count). The minimum Gasteiger partial charge on any atom is -0.310 e. The molecule has 1 aromatic carbocycles. The van der Waals surface area contributed by atoms with E-state index in [4.69, 9.17) is 0 Å². The van der Waals surface area contributed by atoms with E-state index in [-0.39, 0.29) is 0 Å². The molecular weight excluding hydrogens is 312 g/mol. The third kappa shape index (κ3) is 6.38.